The summed E-state index contributed by atoms with van der Waals surface area (Å²) in [7, 11) is -3.04. The lowest BCUT2D eigenvalue weighted by atomic mass is 10.1. The molecule has 0 aliphatic heterocycles. The lowest BCUT2D eigenvalue weighted by Gasteiger charge is -2.01. The molecule has 6 heteroatoms. The van der Waals surface area contributed by atoms with Crippen molar-refractivity contribution >= 4 is 37.1 Å². The van der Waals surface area contributed by atoms with Crippen molar-refractivity contribution in [2.75, 3.05) is 6.26 Å². The molecule has 0 bridgehead atoms. The molecule has 1 heterocycles. The van der Waals surface area contributed by atoms with Crippen LogP contribution >= 0.6 is 27.3 Å². The van der Waals surface area contributed by atoms with Crippen LogP contribution in [0, 0.1) is 6.92 Å². The van der Waals surface area contributed by atoms with E-state index in [2.05, 4.69) is 20.9 Å². The summed E-state index contributed by atoms with van der Waals surface area (Å²) in [5.74, 6) is 0.00294. The Morgan fingerprint density at radius 1 is 1.33 bits per heavy atom. The maximum atomic E-state index is 11.3. The van der Waals surface area contributed by atoms with Crippen LogP contribution < -0.4 is 0 Å². The highest BCUT2D eigenvalue weighted by Gasteiger charge is 2.15. The van der Waals surface area contributed by atoms with Crippen molar-refractivity contribution in [1.82, 2.24) is 4.98 Å². The van der Waals surface area contributed by atoms with E-state index in [4.69, 9.17) is 0 Å². The molecule has 0 radical (unpaired) electrons. The SMILES string of the molecule is Cc1sc(CS(C)(=O)=O)nc1-c1ccccc1Br. The monoisotopic (exact) mass is 345 g/mol. The van der Waals surface area contributed by atoms with E-state index in [0.717, 1.165) is 20.6 Å². The number of halogens is 1. The molecule has 0 amide bonds. The van der Waals surface area contributed by atoms with Crippen molar-refractivity contribution in [1.29, 1.82) is 0 Å². The second-order valence-corrected chi connectivity index (χ2v) is 8.34. The number of benzene rings is 1. The van der Waals surface area contributed by atoms with E-state index < -0.39 is 9.84 Å². The van der Waals surface area contributed by atoms with Crippen molar-refractivity contribution in [2.45, 2.75) is 12.7 Å². The van der Waals surface area contributed by atoms with Gasteiger partial charge in [-0.25, -0.2) is 13.4 Å². The average Bonchev–Trinajstić information content (AvgIpc) is 2.57. The van der Waals surface area contributed by atoms with Crippen LogP contribution in [0.15, 0.2) is 28.7 Å². The second kappa shape index (κ2) is 5.11. The molecule has 2 aromatic rings. The molecule has 3 nitrogen and oxygen atoms in total. The predicted molar refractivity (Wildman–Crippen MR) is 78.5 cm³/mol. The fraction of sp³-hybridized carbons (Fsp3) is 0.250. The number of hydrogen-bond donors (Lipinski definition) is 0. The van der Waals surface area contributed by atoms with E-state index in [1.165, 1.54) is 17.6 Å². The zero-order chi connectivity index (χ0) is 13.3. The predicted octanol–water partition coefficient (Wildman–Crippen LogP) is 3.43. The summed E-state index contributed by atoms with van der Waals surface area (Å²) < 4.78 is 23.5. The largest absolute Gasteiger partial charge is 0.240 e. The van der Waals surface area contributed by atoms with Crippen LogP contribution in [0.5, 0.6) is 0 Å². The molecule has 0 N–H and O–H groups in total. The minimum atomic E-state index is -3.04. The maximum absolute atomic E-state index is 11.3. The van der Waals surface area contributed by atoms with E-state index in [1.807, 2.05) is 31.2 Å². The fourth-order valence-corrected chi connectivity index (χ4v) is 4.25. The third-order valence-electron chi connectivity index (χ3n) is 2.36. The third kappa shape index (κ3) is 3.18. The summed E-state index contributed by atoms with van der Waals surface area (Å²) in [5, 5.41) is 0.640. The smallest absolute Gasteiger partial charge is 0.153 e. The highest BCUT2D eigenvalue weighted by atomic mass is 79.9. The zero-order valence-corrected chi connectivity index (χ0v) is 13.2. The van der Waals surface area contributed by atoms with Crippen LogP contribution in [0.1, 0.15) is 9.88 Å². The van der Waals surface area contributed by atoms with Gasteiger partial charge in [0.1, 0.15) is 10.8 Å². The van der Waals surface area contributed by atoms with Crippen LogP contribution in [0.3, 0.4) is 0 Å². The lowest BCUT2D eigenvalue weighted by molar-refractivity contribution is 0.601. The van der Waals surface area contributed by atoms with E-state index >= 15 is 0 Å². The fourth-order valence-electron chi connectivity index (χ4n) is 1.64. The molecular formula is C12H12BrNO2S2. The van der Waals surface area contributed by atoms with Crippen molar-refractivity contribution < 1.29 is 8.42 Å². The number of aromatic nitrogens is 1. The topological polar surface area (TPSA) is 47.0 Å². The first kappa shape index (κ1) is 13.7. The molecule has 0 fully saturated rings. The summed E-state index contributed by atoms with van der Waals surface area (Å²) in [5.41, 5.74) is 1.84. The highest BCUT2D eigenvalue weighted by molar-refractivity contribution is 9.10. The molecule has 1 aromatic heterocycles. The van der Waals surface area contributed by atoms with E-state index in [9.17, 15) is 8.42 Å². The molecule has 0 aliphatic rings. The highest BCUT2D eigenvalue weighted by Crippen LogP contribution is 2.32. The number of sulfone groups is 1. The number of rotatable bonds is 3. The molecule has 1 aromatic carbocycles. The van der Waals surface area contributed by atoms with Gasteiger partial charge in [-0.1, -0.05) is 34.1 Å². The van der Waals surface area contributed by atoms with Gasteiger partial charge >= 0.3 is 0 Å². The summed E-state index contributed by atoms with van der Waals surface area (Å²) in [6.45, 7) is 1.96. The Balaban J connectivity index is 2.45. The Labute approximate surface area is 119 Å². The first-order valence-corrected chi connectivity index (χ1v) is 8.93. The molecule has 0 saturated carbocycles. The van der Waals surface area contributed by atoms with Crippen LogP contribution in [0.25, 0.3) is 11.3 Å². The Kier molecular flexibility index (Phi) is 3.89. The van der Waals surface area contributed by atoms with Crippen LogP contribution in [0.4, 0.5) is 0 Å². The van der Waals surface area contributed by atoms with E-state index in [-0.39, 0.29) is 5.75 Å². The number of hydrogen-bond acceptors (Lipinski definition) is 4. The van der Waals surface area contributed by atoms with Crippen LogP contribution in [-0.2, 0) is 15.6 Å². The van der Waals surface area contributed by atoms with Crippen LogP contribution in [-0.4, -0.2) is 19.7 Å². The van der Waals surface area contributed by atoms with Crippen molar-refractivity contribution in [2.24, 2.45) is 0 Å². The quantitative estimate of drug-likeness (QED) is 0.856. The average molecular weight is 346 g/mol. The van der Waals surface area contributed by atoms with Gasteiger partial charge in [0.15, 0.2) is 9.84 Å². The molecule has 18 heavy (non-hydrogen) atoms. The standard InChI is InChI=1S/C12H12BrNO2S2/c1-8-12(9-5-3-4-6-10(9)13)14-11(17-8)7-18(2,15)16/h3-6H,7H2,1-2H3. The van der Waals surface area contributed by atoms with Crippen molar-refractivity contribution in [3.05, 3.63) is 38.6 Å². The zero-order valence-electron chi connectivity index (χ0n) is 9.97. The summed E-state index contributed by atoms with van der Waals surface area (Å²) >= 11 is 4.92. The van der Waals surface area contributed by atoms with E-state index in [1.54, 1.807) is 0 Å². The van der Waals surface area contributed by atoms with Gasteiger partial charge in [0.05, 0.1) is 5.69 Å². The first-order valence-electron chi connectivity index (χ1n) is 5.26. The summed E-state index contributed by atoms with van der Waals surface area (Å²) in [6, 6.07) is 7.79. The second-order valence-electron chi connectivity index (χ2n) is 4.06. The van der Waals surface area contributed by atoms with Gasteiger partial charge in [0, 0.05) is 21.2 Å². The molecule has 0 atom stereocenters. The molecule has 0 saturated heterocycles. The van der Waals surface area contributed by atoms with Gasteiger partial charge in [-0.15, -0.1) is 11.3 Å². The van der Waals surface area contributed by atoms with Crippen molar-refractivity contribution in [3.63, 3.8) is 0 Å². The third-order valence-corrected chi connectivity index (χ3v) is 5.00. The van der Waals surface area contributed by atoms with Gasteiger partial charge < -0.3 is 0 Å². The lowest BCUT2D eigenvalue weighted by Crippen LogP contribution is -1.99. The molecule has 0 aliphatic carbocycles. The van der Waals surface area contributed by atoms with Gasteiger partial charge in [-0.05, 0) is 13.0 Å². The Morgan fingerprint density at radius 3 is 2.61 bits per heavy atom. The number of aryl methyl sites for hydroxylation is 1. The minimum Gasteiger partial charge on any atom is -0.240 e. The van der Waals surface area contributed by atoms with Crippen LogP contribution in [0.2, 0.25) is 0 Å². The van der Waals surface area contributed by atoms with E-state index in [0.29, 0.717) is 5.01 Å². The summed E-state index contributed by atoms with van der Waals surface area (Å²) in [6.07, 6.45) is 1.22. The van der Waals surface area contributed by atoms with Crippen molar-refractivity contribution in [3.8, 4) is 11.3 Å². The van der Waals surface area contributed by atoms with Gasteiger partial charge in [0.25, 0.3) is 0 Å². The number of nitrogens with zero attached hydrogens (tertiary/aromatic N) is 1. The van der Waals surface area contributed by atoms with Gasteiger partial charge in [0.2, 0.25) is 0 Å². The van der Waals surface area contributed by atoms with Gasteiger partial charge in [-0.3, -0.25) is 0 Å². The molecular weight excluding hydrogens is 334 g/mol. The Hall–Kier alpha value is -0.720. The molecule has 2 rings (SSSR count). The Morgan fingerprint density at radius 2 is 2.00 bits per heavy atom. The normalized spacial score (nSPS) is 11.7. The molecule has 96 valence electrons. The molecule has 0 spiro atoms. The summed E-state index contributed by atoms with van der Waals surface area (Å²) in [4.78, 5) is 5.46. The first-order chi connectivity index (χ1) is 8.37. The molecule has 0 unspecified atom stereocenters. The van der Waals surface area contributed by atoms with Gasteiger partial charge in [-0.2, -0.15) is 0 Å². The maximum Gasteiger partial charge on any atom is 0.153 e. The Bertz CT molecular complexity index is 677. The minimum absolute atomic E-state index is 0.00294. The number of thiazole rings is 1.